The van der Waals surface area contributed by atoms with Crippen molar-refractivity contribution in [2.75, 3.05) is 26.3 Å². The molecule has 2 rings (SSSR count). The Morgan fingerprint density at radius 3 is 2.55 bits per heavy atom. The molecule has 20 heavy (non-hydrogen) atoms. The molecular formula is C17H28N2O. The van der Waals surface area contributed by atoms with Gasteiger partial charge in [-0.3, -0.25) is 4.90 Å². The Balaban J connectivity index is 1.89. The molecule has 1 fully saturated rings. The van der Waals surface area contributed by atoms with Crippen molar-refractivity contribution in [2.45, 2.75) is 45.8 Å². The highest BCUT2D eigenvalue weighted by Crippen LogP contribution is 2.21. The van der Waals surface area contributed by atoms with Gasteiger partial charge < -0.3 is 10.1 Å². The minimum atomic E-state index is 0.138. The minimum absolute atomic E-state index is 0.138. The van der Waals surface area contributed by atoms with Crippen LogP contribution in [0.15, 0.2) is 24.3 Å². The van der Waals surface area contributed by atoms with Gasteiger partial charge in [-0.2, -0.15) is 0 Å². The number of morpholine rings is 1. The van der Waals surface area contributed by atoms with Gasteiger partial charge in [0.05, 0.1) is 13.2 Å². The summed E-state index contributed by atoms with van der Waals surface area (Å²) < 4.78 is 5.58. The second-order valence-corrected chi connectivity index (χ2v) is 6.28. The summed E-state index contributed by atoms with van der Waals surface area (Å²) in [6.07, 6.45) is 1.18. The summed E-state index contributed by atoms with van der Waals surface area (Å²) in [6.45, 7) is 12.5. The topological polar surface area (TPSA) is 24.5 Å². The second-order valence-electron chi connectivity index (χ2n) is 6.28. The van der Waals surface area contributed by atoms with E-state index in [1.807, 2.05) is 0 Å². The molecule has 1 aromatic carbocycles. The van der Waals surface area contributed by atoms with E-state index in [1.54, 1.807) is 0 Å². The van der Waals surface area contributed by atoms with Crippen LogP contribution >= 0.6 is 0 Å². The summed E-state index contributed by atoms with van der Waals surface area (Å²) >= 11 is 0. The van der Waals surface area contributed by atoms with Gasteiger partial charge in [-0.05, 0) is 37.9 Å². The number of rotatable bonds is 6. The fourth-order valence-corrected chi connectivity index (χ4v) is 2.58. The molecule has 0 unspecified atom stereocenters. The summed E-state index contributed by atoms with van der Waals surface area (Å²) in [6, 6.07) is 9.00. The van der Waals surface area contributed by atoms with Crippen LogP contribution in [0, 0.1) is 0 Å². The van der Waals surface area contributed by atoms with Gasteiger partial charge in [0.1, 0.15) is 0 Å². The van der Waals surface area contributed by atoms with Crippen LogP contribution in [0.25, 0.3) is 0 Å². The molecule has 0 aromatic heterocycles. The maximum atomic E-state index is 5.58. The van der Waals surface area contributed by atoms with Gasteiger partial charge in [-0.25, -0.2) is 0 Å². The lowest BCUT2D eigenvalue weighted by molar-refractivity contribution is -0.0552. The van der Waals surface area contributed by atoms with Gasteiger partial charge in [0.15, 0.2) is 0 Å². The van der Waals surface area contributed by atoms with Crippen LogP contribution in [0.3, 0.4) is 0 Å². The molecule has 1 aromatic rings. The van der Waals surface area contributed by atoms with Crippen LogP contribution in [0.5, 0.6) is 0 Å². The molecule has 1 heterocycles. The third kappa shape index (κ3) is 4.30. The van der Waals surface area contributed by atoms with Crippen molar-refractivity contribution < 1.29 is 4.74 Å². The first-order valence-electron chi connectivity index (χ1n) is 7.73. The van der Waals surface area contributed by atoms with Crippen molar-refractivity contribution >= 4 is 0 Å². The molecule has 112 valence electrons. The van der Waals surface area contributed by atoms with Crippen LogP contribution < -0.4 is 5.32 Å². The van der Waals surface area contributed by atoms with Crippen molar-refractivity contribution in [3.8, 4) is 0 Å². The van der Waals surface area contributed by atoms with Crippen molar-refractivity contribution in [2.24, 2.45) is 0 Å². The highest BCUT2D eigenvalue weighted by molar-refractivity contribution is 5.22. The summed E-state index contributed by atoms with van der Waals surface area (Å²) in [7, 11) is 0. The van der Waals surface area contributed by atoms with Crippen molar-refractivity contribution in [1.29, 1.82) is 0 Å². The zero-order valence-electron chi connectivity index (χ0n) is 13.1. The average molecular weight is 276 g/mol. The number of benzene rings is 1. The van der Waals surface area contributed by atoms with Gasteiger partial charge >= 0.3 is 0 Å². The first-order chi connectivity index (χ1) is 9.62. The summed E-state index contributed by atoms with van der Waals surface area (Å²) in [4.78, 5) is 2.51. The quantitative estimate of drug-likeness (QED) is 0.809. The predicted molar refractivity (Wildman–Crippen MR) is 83.7 cm³/mol. The van der Waals surface area contributed by atoms with E-state index in [0.29, 0.717) is 0 Å². The van der Waals surface area contributed by atoms with E-state index in [4.69, 9.17) is 4.74 Å². The molecule has 1 aliphatic rings. The lowest BCUT2D eigenvalue weighted by Crippen LogP contribution is -2.52. The van der Waals surface area contributed by atoms with Gasteiger partial charge in [0.2, 0.25) is 0 Å². The first kappa shape index (κ1) is 15.5. The number of ether oxygens (including phenoxy) is 1. The molecule has 1 aliphatic heterocycles. The summed E-state index contributed by atoms with van der Waals surface area (Å²) in [5, 5.41) is 3.44. The second kappa shape index (κ2) is 7.21. The van der Waals surface area contributed by atoms with E-state index in [9.17, 15) is 0 Å². The third-order valence-electron chi connectivity index (χ3n) is 3.97. The van der Waals surface area contributed by atoms with E-state index in [0.717, 1.165) is 39.4 Å². The number of hydrogen-bond donors (Lipinski definition) is 1. The monoisotopic (exact) mass is 276 g/mol. The maximum absolute atomic E-state index is 5.58. The average Bonchev–Trinajstić information content (AvgIpc) is 2.43. The normalized spacial score (nSPS) is 19.1. The number of hydrogen-bond acceptors (Lipinski definition) is 3. The molecule has 3 nitrogen and oxygen atoms in total. The minimum Gasteiger partial charge on any atom is -0.378 e. The van der Waals surface area contributed by atoms with E-state index in [2.05, 4.69) is 55.3 Å². The van der Waals surface area contributed by atoms with Gasteiger partial charge in [0, 0.05) is 25.2 Å². The smallest absolute Gasteiger partial charge is 0.0645 e. The zero-order chi connectivity index (χ0) is 14.4. The van der Waals surface area contributed by atoms with Crippen LogP contribution in [0.2, 0.25) is 0 Å². The van der Waals surface area contributed by atoms with Crippen molar-refractivity contribution in [3.05, 3.63) is 35.4 Å². The lowest BCUT2D eigenvalue weighted by atomic mass is 10.0. The van der Waals surface area contributed by atoms with Gasteiger partial charge in [-0.1, -0.05) is 31.2 Å². The van der Waals surface area contributed by atoms with Gasteiger partial charge in [0.25, 0.3) is 0 Å². The fraction of sp³-hybridized carbons (Fsp3) is 0.647. The molecule has 0 amide bonds. The number of nitrogens with zero attached hydrogens (tertiary/aromatic N) is 1. The molecule has 0 bridgehead atoms. The van der Waals surface area contributed by atoms with E-state index in [-0.39, 0.29) is 5.54 Å². The Hall–Kier alpha value is -0.900. The molecule has 3 heteroatoms. The maximum Gasteiger partial charge on any atom is 0.0645 e. The Morgan fingerprint density at radius 1 is 1.20 bits per heavy atom. The van der Waals surface area contributed by atoms with Crippen LogP contribution in [-0.2, 0) is 17.8 Å². The standard InChI is InChI=1S/C17H28N2O/c1-4-9-18-12-15-5-7-16(8-6-15)13-19-10-11-20-14-17(19,2)3/h5-8,18H,4,9-14H2,1-3H3. The molecule has 0 atom stereocenters. The Kier molecular flexibility index (Phi) is 5.58. The summed E-state index contributed by atoms with van der Waals surface area (Å²) in [5.41, 5.74) is 2.89. The van der Waals surface area contributed by atoms with Crippen molar-refractivity contribution in [1.82, 2.24) is 10.2 Å². The lowest BCUT2D eigenvalue weighted by Gasteiger charge is -2.42. The third-order valence-corrected chi connectivity index (χ3v) is 3.97. The molecule has 0 radical (unpaired) electrons. The highest BCUT2D eigenvalue weighted by atomic mass is 16.5. The highest BCUT2D eigenvalue weighted by Gasteiger charge is 2.30. The molecule has 0 aliphatic carbocycles. The molecular weight excluding hydrogens is 248 g/mol. The zero-order valence-corrected chi connectivity index (χ0v) is 13.1. The molecule has 0 spiro atoms. The largest absolute Gasteiger partial charge is 0.378 e. The molecule has 1 N–H and O–H groups in total. The number of nitrogens with one attached hydrogen (secondary N) is 1. The molecule has 1 saturated heterocycles. The van der Waals surface area contributed by atoms with Crippen LogP contribution in [0.4, 0.5) is 0 Å². The predicted octanol–water partition coefficient (Wildman–Crippen LogP) is 2.80. The fourth-order valence-electron chi connectivity index (χ4n) is 2.58. The Labute approximate surface area is 123 Å². The van der Waals surface area contributed by atoms with Gasteiger partial charge in [-0.15, -0.1) is 0 Å². The Bertz CT molecular complexity index is 400. The van der Waals surface area contributed by atoms with E-state index >= 15 is 0 Å². The Morgan fingerprint density at radius 2 is 1.90 bits per heavy atom. The van der Waals surface area contributed by atoms with Crippen molar-refractivity contribution in [3.63, 3.8) is 0 Å². The molecule has 0 saturated carbocycles. The SMILES string of the molecule is CCCNCc1ccc(CN2CCOCC2(C)C)cc1. The first-order valence-corrected chi connectivity index (χ1v) is 7.73. The summed E-state index contributed by atoms with van der Waals surface area (Å²) in [5.74, 6) is 0. The van der Waals surface area contributed by atoms with E-state index in [1.165, 1.54) is 17.5 Å². The van der Waals surface area contributed by atoms with Crippen LogP contribution in [-0.4, -0.2) is 36.7 Å². The van der Waals surface area contributed by atoms with E-state index < -0.39 is 0 Å². The van der Waals surface area contributed by atoms with Crippen LogP contribution in [0.1, 0.15) is 38.3 Å².